The Kier molecular flexibility index (Phi) is 4.76. The Labute approximate surface area is 141 Å². The van der Waals surface area contributed by atoms with Crippen molar-refractivity contribution in [3.05, 3.63) is 29.8 Å². The number of methoxy groups -OCH3 is 1. The minimum atomic E-state index is -1.02. The quantitative estimate of drug-likeness (QED) is 0.826. The second-order valence-corrected chi connectivity index (χ2v) is 6.75. The fourth-order valence-corrected chi connectivity index (χ4v) is 3.11. The van der Waals surface area contributed by atoms with Crippen LogP contribution >= 0.6 is 0 Å². The molecule has 1 aromatic carbocycles. The number of hydrogen-bond acceptors (Lipinski definition) is 4. The molecular formula is C18H23NO5. The summed E-state index contributed by atoms with van der Waals surface area (Å²) in [5, 5.41) is 9.53. The van der Waals surface area contributed by atoms with E-state index in [2.05, 4.69) is 0 Å². The van der Waals surface area contributed by atoms with Crippen LogP contribution in [0.25, 0.3) is 0 Å². The molecule has 0 aromatic heterocycles. The van der Waals surface area contributed by atoms with Crippen LogP contribution in [-0.4, -0.2) is 55.3 Å². The molecule has 1 aliphatic carbocycles. The number of para-hydroxylation sites is 1. The zero-order valence-electron chi connectivity index (χ0n) is 13.9. The summed E-state index contributed by atoms with van der Waals surface area (Å²) in [6.07, 6.45) is 2.76. The second kappa shape index (κ2) is 6.81. The minimum absolute atomic E-state index is 0.103. The van der Waals surface area contributed by atoms with Crippen molar-refractivity contribution in [3.63, 3.8) is 0 Å². The van der Waals surface area contributed by atoms with Gasteiger partial charge in [0, 0.05) is 20.2 Å². The SMILES string of the molecule is COCC1(C(=O)O)CCN(C(=O)c2ccccc2OCC2CC2)C1. The molecule has 0 radical (unpaired) electrons. The summed E-state index contributed by atoms with van der Waals surface area (Å²) in [7, 11) is 1.48. The summed E-state index contributed by atoms with van der Waals surface area (Å²) < 4.78 is 10.9. The minimum Gasteiger partial charge on any atom is -0.492 e. The molecule has 130 valence electrons. The fourth-order valence-electron chi connectivity index (χ4n) is 3.11. The molecule has 2 aliphatic rings. The number of carbonyl (C=O) groups excluding carboxylic acids is 1. The third kappa shape index (κ3) is 3.38. The lowest BCUT2D eigenvalue weighted by Crippen LogP contribution is -2.40. The van der Waals surface area contributed by atoms with Gasteiger partial charge in [-0.2, -0.15) is 0 Å². The molecule has 1 amide bonds. The van der Waals surface area contributed by atoms with Gasteiger partial charge in [0.15, 0.2) is 0 Å². The molecular weight excluding hydrogens is 310 g/mol. The van der Waals surface area contributed by atoms with Crippen molar-refractivity contribution in [2.75, 3.05) is 33.4 Å². The first-order chi connectivity index (χ1) is 11.6. The van der Waals surface area contributed by atoms with Gasteiger partial charge < -0.3 is 19.5 Å². The number of ether oxygens (including phenoxy) is 2. The number of likely N-dealkylation sites (tertiary alicyclic amines) is 1. The number of hydrogen-bond donors (Lipinski definition) is 1. The second-order valence-electron chi connectivity index (χ2n) is 6.75. The zero-order chi connectivity index (χ0) is 17.2. The topological polar surface area (TPSA) is 76.1 Å². The Morgan fingerprint density at radius 3 is 2.75 bits per heavy atom. The van der Waals surface area contributed by atoms with Crippen LogP contribution in [0.4, 0.5) is 0 Å². The summed E-state index contributed by atoms with van der Waals surface area (Å²) in [6, 6.07) is 7.18. The van der Waals surface area contributed by atoms with E-state index in [1.807, 2.05) is 6.07 Å². The van der Waals surface area contributed by atoms with E-state index in [4.69, 9.17) is 9.47 Å². The van der Waals surface area contributed by atoms with Gasteiger partial charge >= 0.3 is 5.97 Å². The summed E-state index contributed by atoms with van der Waals surface area (Å²) in [5.41, 5.74) is -0.523. The van der Waals surface area contributed by atoms with Crippen LogP contribution in [0.1, 0.15) is 29.6 Å². The average molecular weight is 333 g/mol. The highest BCUT2D eigenvalue weighted by molar-refractivity contribution is 5.97. The summed E-state index contributed by atoms with van der Waals surface area (Å²) >= 11 is 0. The molecule has 1 saturated heterocycles. The normalized spacial score (nSPS) is 23.3. The Morgan fingerprint density at radius 1 is 1.33 bits per heavy atom. The number of carboxylic acids is 1. The van der Waals surface area contributed by atoms with Crippen molar-refractivity contribution in [1.29, 1.82) is 0 Å². The molecule has 1 aromatic rings. The van der Waals surface area contributed by atoms with E-state index in [1.54, 1.807) is 23.1 Å². The first-order valence-corrected chi connectivity index (χ1v) is 8.29. The van der Waals surface area contributed by atoms with Crippen molar-refractivity contribution in [1.82, 2.24) is 4.90 Å². The third-order valence-electron chi connectivity index (χ3n) is 4.80. The summed E-state index contributed by atoms with van der Waals surface area (Å²) in [5.74, 6) is 0.0776. The number of rotatable bonds is 7. The van der Waals surface area contributed by atoms with E-state index < -0.39 is 11.4 Å². The molecule has 6 heteroatoms. The van der Waals surface area contributed by atoms with Crippen LogP contribution in [0.3, 0.4) is 0 Å². The van der Waals surface area contributed by atoms with Gasteiger partial charge in [-0.25, -0.2) is 0 Å². The molecule has 1 heterocycles. The Hall–Kier alpha value is -2.08. The van der Waals surface area contributed by atoms with Crippen LogP contribution < -0.4 is 4.74 Å². The number of amides is 1. The predicted molar refractivity (Wildman–Crippen MR) is 87.1 cm³/mol. The van der Waals surface area contributed by atoms with E-state index >= 15 is 0 Å². The molecule has 6 nitrogen and oxygen atoms in total. The molecule has 0 spiro atoms. The molecule has 1 N–H and O–H groups in total. The highest BCUT2D eigenvalue weighted by atomic mass is 16.5. The Morgan fingerprint density at radius 2 is 2.08 bits per heavy atom. The van der Waals surface area contributed by atoms with E-state index in [9.17, 15) is 14.7 Å². The lowest BCUT2D eigenvalue weighted by atomic mass is 9.88. The smallest absolute Gasteiger partial charge is 0.313 e. The van der Waals surface area contributed by atoms with Gasteiger partial charge in [0.25, 0.3) is 5.91 Å². The van der Waals surface area contributed by atoms with Gasteiger partial charge in [0.05, 0.1) is 18.8 Å². The molecule has 3 rings (SSSR count). The van der Waals surface area contributed by atoms with Gasteiger partial charge in [0.1, 0.15) is 11.2 Å². The van der Waals surface area contributed by atoms with E-state index in [0.717, 1.165) is 0 Å². The average Bonchev–Trinajstić information content (AvgIpc) is 3.31. The van der Waals surface area contributed by atoms with Crippen LogP contribution in [-0.2, 0) is 9.53 Å². The highest BCUT2D eigenvalue weighted by Gasteiger charge is 2.46. The first-order valence-electron chi connectivity index (χ1n) is 8.29. The first kappa shape index (κ1) is 16.8. The summed E-state index contributed by atoms with van der Waals surface area (Å²) in [6.45, 7) is 1.30. The van der Waals surface area contributed by atoms with E-state index in [1.165, 1.54) is 20.0 Å². The fraction of sp³-hybridized carbons (Fsp3) is 0.556. The van der Waals surface area contributed by atoms with Gasteiger partial charge in [-0.05, 0) is 37.3 Å². The number of carbonyl (C=O) groups is 2. The Balaban J connectivity index is 1.73. The van der Waals surface area contributed by atoms with Crippen molar-refractivity contribution in [3.8, 4) is 5.75 Å². The standard InChI is InChI=1S/C18H23NO5/c1-23-12-18(17(21)22)8-9-19(11-18)16(20)14-4-2-3-5-15(14)24-10-13-6-7-13/h2-5,13H,6-12H2,1H3,(H,21,22). The monoisotopic (exact) mass is 333 g/mol. The molecule has 1 saturated carbocycles. The maximum absolute atomic E-state index is 12.9. The molecule has 2 fully saturated rings. The zero-order valence-corrected chi connectivity index (χ0v) is 13.9. The van der Waals surface area contributed by atoms with Crippen LogP contribution in [0.2, 0.25) is 0 Å². The van der Waals surface area contributed by atoms with Crippen molar-refractivity contribution >= 4 is 11.9 Å². The molecule has 0 bridgehead atoms. The van der Waals surface area contributed by atoms with Crippen LogP contribution in [0.5, 0.6) is 5.75 Å². The van der Waals surface area contributed by atoms with Gasteiger partial charge in [-0.1, -0.05) is 12.1 Å². The predicted octanol–water partition coefficient (Wildman–Crippen LogP) is 2.04. The lowest BCUT2D eigenvalue weighted by Gasteiger charge is -2.24. The van der Waals surface area contributed by atoms with Gasteiger partial charge in [-0.3, -0.25) is 9.59 Å². The highest BCUT2D eigenvalue weighted by Crippen LogP contribution is 2.34. The number of aliphatic carboxylic acids is 1. The molecule has 1 unspecified atom stereocenters. The maximum Gasteiger partial charge on any atom is 0.313 e. The van der Waals surface area contributed by atoms with Crippen LogP contribution in [0, 0.1) is 11.3 Å². The van der Waals surface area contributed by atoms with E-state index in [-0.39, 0.29) is 19.1 Å². The number of benzene rings is 1. The summed E-state index contributed by atoms with van der Waals surface area (Å²) in [4.78, 5) is 26.1. The molecule has 24 heavy (non-hydrogen) atoms. The largest absolute Gasteiger partial charge is 0.492 e. The number of nitrogens with zero attached hydrogens (tertiary/aromatic N) is 1. The van der Waals surface area contributed by atoms with Crippen molar-refractivity contribution in [2.45, 2.75) is 19.3 Å². The van der Waals surface area contributed by atoms with Crippen molar-refractivity contribution < 1.29 is 24.2 Å². The lowest BCUT2D eigenvalue weighted by molar-refractivity contribution is -0.151. The molecule has 1 atom stereocenters. The molecule has 1 aliphatic heterocycles. The van der Waals surface area contributed by atoms with Gasteiger partial charge in [-0.15, -0.1) is 0 Å². The van der Waals surface area contributed by atoms with E-state index in [0.29, 0.717) is 36.8 Å². The Bertz CT molecular complexity index is 628. The maximum atomic E-state index is 12.9. The van der Waals surface area contributed by atoms with Gasteiger partial charge in [0.2, 0.25) is 0 Å². The third-order valence-corrected chi connectivity index (χ3v) is 4.80. The van der Waals surface area contributed by atoms with Crippen molar-refractivity contribution in [2.24, 2.45) is 11.3 Å². The van der Waals surface area contributed by atoms with Crippen LogP contribution in [0.15, 0.2) is 24.3 Å². The number of carboxylic acid groups (broad SMARTS) is 1.